The number of pyridine rings is 1. The Morgan fingerprint density at radius 1 is 1.64 bits per heavy atom. The Kier molecular flexibility index (Phi) is 2.57. The Balaban J connectivity index is 3.20. The van der Waals surface area contributed by atoms with Crippen molar-refractivity contribution in [2.45, 2.75) is 4.90 Å². The molecule has 0 amide bonds. The lowest BCUT2D eigenvalue weighted by Crippen LogP contribution is -1.95. The molecule has 5 heteroatoms. The first kappa shape index (κ1) is 8.62. The smallest absolute Gasteiger partial charge is 0.230 e. The van der Waals surface area contributed by atoms with Gasteiger partial charge in [0, 0.05) is 6.26 Å². The lowest BCUT2D eigenvalue weighted by atomic mass is 10.5. The molecule has 0 N–H and O–H groups in total. The largest absolute Gasteiger partial charge is 0.254 e. The lowest BCUT2D eigenvalue weighted by Gasteiger charge is -1.96. The van der Waals surface area contributed by atoms with Crippen molar-refractivity contribution in [2.75, 3.05) is 6.26 Å². The number of hydrogen-bond acceptors (Lipinski definition) is 2. The van der Waals surface area contributed by atoms with E-state index in [4.69, 9.17) is 11.6 Å². The van der Waals surface area contributed by atoms with Crippen LogP contribution in [-0.2, 0) is 10.8 Å². The zero-order valence-electron chi connectivity index (χ0n) is 5.67. The molecule has 0 aliphatic heterocycles. The van der Waals surface area contributed by atoms with Crippen LogP contribution in [0, 0.1) is 5.95 Å². The fraction of sp³-hybridized carbons (Fsp3) is 0.167. The molecule has 0 bridgehead atoms. The van der Waals surface area contributed by atoms with Crippen LogP contribution in [0.15, 0.2) is 17.0 Å². The summed E-state index contributed by atoms with van der Waals surface area (Å²) in [5, 5.41) is 0.0664. The van der Waals surface area contributed by atoms with Crippen molar-refractivity contribution < 1.29 is 8.60 Å². The third-order valence-electron chi connectivity index (χ3n) is 1.09. The van der Waals surface area contributed by atoms with E-state index in [1.807, 2.05) is 0 Å². The molecular formula is C6H5ClFNOS. The summed E-state index contributed by atoms with van der Waals surface area (Å²) in [6.07, 6.45) is 1.38. The molecule has 0 saturated carbocycles. The predicted molar refractivity (Wildman–Crippen MR) is 41.5 cm³/mol. The molecule has 0 saturated heterocycles. The SMILES string of the molecule is CS(=O)c1ccc(Cl)nc1F. The van der Waals surface area contributed by atoms with E-state index in [0.717, 1.165) is 0 Å². The van der Waals surface area contributed by atoms with Crippen LogP contribution in [0.4, 0.5) is 4.39 Å². The lowest BCUT2D eigenvalue weighted by molar-refractivity contribution is 0.553. The van der Waals surface area contributed by atoms with Crippen LogP contribution in [0.5, 0.6) is 0 Å². The fourth-order valence-corrected chi connectivity index (χ4v) is 1.29. The Bertz CT molecular complexity index is 305. The van der Waals surface area contributed by atoms with Crippen molar-refractivity contribution in [2.24, 2.45) is 0 Å². The Hall–Kier alpha value is -0.480. The van der Waals surface area contributed by atoms with Gasteiger partial charge in [-0.3, -0.25) is 4.21 Å². The minimum absolute atomic E-state index is 0.0664. The van der Waals surface area contributed by atoms with E-state index in [-0.39, 0.29) is 10.0 Å². The van der Waals surface area contributed by atoms with Gasteiger partial charge >= 0.3 is 0 Å². The van der Waals surface area contributed by atoms with Crippen LogP contribution < -0.4 is 0 Å². The molecule has 1 aromatic rings. The van der Waals surface area contributed by atoms with E-state index in [0.29, 0.717) is 0 Å². The zero-order chi connectivity index (χ0) is 8.43. The topological polar surface area (TPSA) is 30.0 Å². The van der Waals surface area contributed by atoms with Gasteiger partial charge in [0.25, 0.3) is 0 Å². The molecular weight excluding hydrogens is 189 g/mol. The number of aromatic nitrogens is 1. The van der Waals surface area contributed by atoms with Gasteiger partial charge in [0.1, 0.15) is 5.15 Å². The molecule has 60 valence electrons. The molecule has 0 aliphatic rings. The fourth-order valence-electron chi connectivity index (χ4n) is 0.614. The summed E-state index contributed by atoms with van der Waals surface area (Å²) >= 11 is 5.37. The van der Waals surface area contributed by atoms with Gasteiger partial charge in [0.2, 0.25) is 5.95 Å². The van der Waals surface area contributed by atoms with Crippen molar-refractivity contribution in [3.05, 3.63) is 23.2 Å². The molecule has 1 atom stereocenters. The Morgan fingerprint density at radius 3 is 2.73 bits per heavy atom. The average molecular weight is 194 g/mol. The molecule has 1 aromatic heterocycles. The maximum absolute atomic E-state index is 12.7. The number of hydrogen-bond donors (Lipinski definition) is 0. The third-order valence-corrected chi connectivity index (χ3v) is 2.22. The van der Waals surface area contributed by atoms with Gasteiger partial charge in [0.15, 0.2) is 0 Å². The van der Waals surface area contributed by atoms with Crippen LogP contribution in [0.3, 0.4) is 0 Å². The summed E-state index contributed by atoms with van der Waals surface area (Å²) in [6.45, 7) is 0. The summed E-state index contributed by atoms with van der Waals surface area (Å²) in [6, 6.07) is 2.77. The maximum atomic E-state index is 12.7. The van der Waals surface area contributed by atoms with E-state index in [1.165, 1.54) is 18.4 Å². The molecule has 0 aromatic carbocycles. The van der Waals surface area contributed by atoms with Crippen LogP contribution >= 0.6 is 11.6 Å². The van der Waals surface area contributed by atoms with Crippen molar-refractivity contribution in [3.63, 3.8) is 0 Å². The number of halogens is 2. The molecule has 0 fully saturated rings. The second-order valence-electron chi connectivity index (χ2n) is 1.88. The van der Waals surface area contributed by atoms with E-state index in [9.17, 15) is 8.60 Å². The van der Waals surface area contributed by atoms with Gasteiger partial charge < -0.3 is 0 Å². The second-order valence-corrected chi connectivity index (χ2v) is 3.61. The quantitative estimate of drug-likeness (QED) is 0.635. The average Bonchev–Trinajstić information content (AvgIpc) is 1.85. The zero-order valence-corrected chi connectivity index (χ0v) is 7.25. The van der Waals surface area contributed by atoms with E-state index >= 15 is 0 Å². The Morgan fingerprint density at radius 2 is 2.27 bits per heavy atom. The van der Waals surface area contributed by atoms with Crippen molar-refractivity contribution in [1.29, 1.82) is 0 Å². The molecule has 0 radical (unpaired) electrons. The second kappa shape index (κ2) is 3.28. The normalized spacial score (nSPS) is 13.0. The molecule has 11 heavy (non-hydrogen) atoms. The van der Waals surface area contributed by atoms with Crippen molar-refractivity contribution in [1.82, 2.24) is 4.98 Å². The highest BCUT2D eigenvalue weighted by Gasteiger charge is 2.06. The summed E-state index contributed by atoms with van der Waals surface area (Å²) < 4.78 is 23.5. The van der Waals surface area contributed by atoms with Gasteiger partial charge in [-0.25, -0.2) is 4.98 Å². The molecule has 0 spiro atoms. The van der Waals surface area contributed by atoms with E-state index in [2.05, 4.69) is 4.98 Å². The van der Waals surface area contributed by atoms with Crippen LogP contribution in [-0.4, -0.2) is 15.4 Å². The van der Waals surface area contributed by atoms with E-state index < -0.39 is 16.7 Å². The van der Waals surface area contributed by atoms with Gasteiger partial charge in [-0.1, -0.05) is 11.6 Å². The summed E-state index contributed by atoms with van der Waals surface area (Å²) in [4.78, 5) is 3.38. The van der Waals surface area contributed by atoms with Gasteiger partial charge in [-0.05, 0) is 12.1 Å². The van der Waals surface area contributed by atoms with Crippen LogP contribution in [0.1, 0.15) is 0 Å². The summed E-state index contributed by atoms with van der Waals surface area (Å²) in [5.41, 5.74) is 0. The molecule has 0 aliphatic carbocycles. The van der Waals surface area contributed by atoms with Gasteiger partial charge in [0.05, 0.1) is 15.7 Å². The first-order valence-electron chi connectivity index (χ1n) is 2.76. The minimum Gasteiger partial charge on any atom is -0.254 e. The van der Waals surface area contributed by atoms with E-state index in [1.54, 1.807) is 0 Å². The van der Waals surface area contributed by atoms with Crippen LogP contribution in [0.2, 0.25) is 5.15 Å². The monoisotopic (exact) mass is 193 g/mol. The van der Waals surface area contributed by atoms with Crippen molar-refractivity contribution in [3.8, 4) is 0 Å². The number of rotatable bonds is 1. The van der Waals surface area contributed by atoms with Crippen molar-refractivity contribution >= 4 is 22.4 Å². The molecule has 1 unspecified atom stereocenters. The number of nitrogens with zero attached hydrogens (tertiary/aromatic N) is 1. The summed E-state index contributed by atoms with van der Waals surface area (Å²) in [5.74, 6) is -0.765. The first-order chi connectivity index (χ1) is 5.11. The molecule has 1 heterocycles. The van der Waals surface area contributed by atoms with Gasteiger partial charge in [-0.2, -0.15) is 4.39 Å². The maximum Gasteiger partial charge on any atom is 0.230 e. The third kappa shape index (κ3) is 1.97. The van der Waals surface area contributed by atoms with Crippen LogP contribution in [0.25, 0.3) is 0 Å². The van der Waals surface area contributed by atoms with Gasteiger partial charge in [-0.15, -0.1) is 0 Å². The molecule has 1 rings (SSSR count). The minimum atomic E-state index is -1.34. The standard InChI is InChI=1S/C6H5ClFNOS/c1-11(10)4-2-3-5(7)9-6(4)8/h2-3H,1H3. The summed E-state index contributed by atoms with van der Waals surface area (Å²) in [7, 11) is -1.34. The first-order valence-corrected chi connectivity index (χ1v) is 4.70. The predicted octanol–water partition coefficient (Wildman–Crippen LogP) is 1.61. The Labute approximate surface area is 70.9 Å². The highest BCUT2D eigenvalue weighted by molar-refractivity contribution is 7.84. The molecule has 2 nitrogen and oxygen atoms in total. The highest BCUT2D eigenvalue weighted by atomic mass is 35.5. The highest BCUT2D eigenvalue weighted by Crippen LogP contribution is 2.12.